The van der Waals surface area contributed by atoms with Gasteiger partial charge in [0.25, 0.3) is 5.91 Å². The third-order valence-electron chi connectivity index (χ3n) is 4.07. The van der Waals surface area contributed by atoms with Gasteiger partial charge in [-0.25, -0.2) is 4.79 Å². The van der Waals surface area contributed by atoms with Crippen LogP contribution in [0.5, 0.6) is 0 Å². The van der Waals surface area contributed by atoms with Crippen LogP contribution in [0.15, 0.2) is 30.4 Å². The molecule has 1 aliphatic heterocycles. The molecule has 0 unspecified atom stereocenters. The van der Waals surface area contributed by atoms with E-state index in [-0.39, 0.29) is 24.0 Å². The maximum atomic E-state index is 12.5. The molecule has 2 rings (SSSR count). The number of carbonyl (C=O) groups is 3. The second kappa shape index (κ2) is 8.85. The highest BCUT2D eigenvalue weighted by Gasteiger charge is 2.27. The van der Waals surface area contributed by atoms with Crippen molar-refractivity contribution in [3.05, 3.63) is 40.9 Å². The molecule has 0 radical (unpaired) electrons. The van der Waals surface area contributed by atoms with Crippen LogP contribution in [0.4, 0.5) is 5.69 Å². The number of likely N-dealkylation sites (N-methyl/N-ethyl adjacent to an activating group) is 1. The fourth-order valence-corrected chi connectivity index (χ4v) is 2.97. The molecule has 0 N–H and O–H groups in total. The van der Waals surface area contributed by atoms with E-state index < -0.39 is 5.97 Å². The summed E-state index contributed by atoms with van der Waals surface area (Å²) in [6, 6.07) is 4.65. The molecule has 0 aromatic heterocycles. The Labute approximate surface area is 158 Å². The van der Waals surface area contributed by atoms with E-state index in [1.807, 2.05) is 13.8 Å². The molecule has 2 amide bonds. The van der Waals surface area contributed by atoms with Crippen LogP contribution in [0.1, 0.15) is 37.0 Å². The first kappa shape index (κ1) is 20.0. The number of amides is 2. The van der Waals surface area contributed by atoms with E-state index in [4.69, 9.17) is 16.3 Å². The van der Waals surface area contributed by atoms with Crippen molar-refractivity contribution in [1.82, 2.24) is 4.90 Å². The van der Waals surface area contributed by atoms with Crippen molar-refractivity contribution in [3.8, 4) is 0 Å². The lowest BCUT2D eigenvalue weighted by molar-refractivity contribution is -0.134. The predicted molar refractivity (Wildman–Crippen MR) is 100 cm³/mol. The lowest BCUT2D eigenvalue weighted by Crippen LogP contribution is -2.35. The number of anilines is 1. The van der Waals surface area contributed by atoms with Gasteiger partial charge in [-0.15, -0.1) is 0 Å². The Morgan fingerprint density at radius 3 is 2.69 bits per heavy atom. The van der Waals surface area contributed by atoms with Crippen LogP contribution in [0, 0.1) is 0 Å². The van der Waals surface area contributed by atoms with Crippen LogP contribution in [0.25, 0.3) is 0 Å². The number of nitrogens with zero attached hydrogens (tertiary/aromatic N) is 2. The second-order valence-corrected chi connectivity index (χ2v) is 6.69. The first-order valence-corrected chi connectivity index (χ1v) is 8.90. The molecule has 6 nitrogen and oxygen atoms in total. The quantitative estimate of drug-likeness (QED) is 0.540. The van der Waals surface area contributed by atoms with E-state index in [1.165, 1.54) is 11.0 Å². The molecular weight excluding hydrogens is 356 g/mol. The summed E-state index contributed by atoms with van der Waals surface area (Å²) in [7, 11) is 0. The lowest BCUT2D eigenvalue weighted by Gasteiger charge is -2.22. The first-order chi connectivity index (χ1) is 12.3. The van der Waals surface area contributed by atoms with Crippen molar-refractivity contribution in [1.29, 1.82) is 0 Å². The molecule has 0 bridgehead atoms. The van der Waals surface area contributed by atoms with E-state index in [2.05, 4.69) is 6.58 Å². The van der Waals surface area contributed by atoms with Crippen molar-refractivity contribution in [2.75, 3.05) is 31.1 Å². The molecule has 7 heteroatoms. The fourth-order valence-electron chi connectivity index (χ4n) is 2.80. The van der Waals surface area contributed by atoms with Gasteiger partial charge in [-0.3, -0.25) is 9.59 Å². The van der Waals surface area contributed by atoms with E-state index >= 15 is 0 Å². The maximum absolute atomic E-state index is 12.5. The third kappa shape index (κ3) is 4.85. The molecule has 1 saturated heterocycles. The van der Waals surface area contributed by atoms with Crippen molar-refractivity contribution >= 4 is 35.1 Å². The van der Waals surface area contributed by atoms with Crippen molar-refractivity contribution in [3.63, 3.8) is 0 Å². The smallest absolute Gasteiger partial charge is 0.340 e. The van der Waals surface area contributed by atoms with Gasteiger partial charge in [0, 0.05) is 31.1 Å². The minimum absolute atomic E-state index is 0.0593. The summed E-state index contributed by atoms with van der Waals surface area (Å²) < 4.78 is 5.19. The maximum Gasteiger partial charge on any atom is 0.340 e. The van der Waals surface area contributed by atoms with Gasteiger partial charge in [0.2, 0.25) is 5.91 Å². The largest absolute Gasteiger partial charge is 0.452 e. The Morgan fingerprint density at radius 1 is 1.38 bits per heavy atom. The van der Waals surface area contributed by atoms with Crippen molar-refractivity contribution in [2.45, 2.75) is 26.7 Å². The number of hydrogen-bond donors (Lipinski definition) is 0. The van der Waals surface area contributed by atoms with Gasteiger partial charge < -0.3 is 14.5 Å². The van der Waals surface area contributed by atoms with E-state index in [0.29, 0.717) is 36.8 Å². The Kier molecular flexibility index (Phi) is 6.80. The Balaban J connectivity index is 2.11. The normalized spacial score (nSPS) is 13.7. The molecule has 0 saturated carbocycles. The average molecular weight is 379 g/mol. The number of halogens is 1. The summed E-state index contributed by atoms with van der Waals surface area (Å²) in [5.74, 6) is -1.01. The second-order valence-electron chi connectivity index (χ2n) is 6.25. The summed E-state index contributed by atoms with van der Waals surface area (Å²) in [5.41, 5.74) is 1.49. The van der Waals surface area contributed by atoms with Gasteiger partial charge in [-0.05, 0) is 38.5 Å². The van der Waals surface area contributed by atoms with Gasteiger partial charge in [0.15, 0.2) is 6.61 Å². The summed E-state index contributed by atoms with van der Waals surface area (Å²) in [4.78, 5) is 39.8. The van der Waals surface area contributed by atoms with Crippen molar-refractivity contribution < 1.29 is 19.1 Å². The molecule has 140 valence electrons. The third-order valence-corrected chi connectivity index (χ3v) is 4.30. The Bertz CT molecular complexity index is 732. The zero-order chi connectivity index (χ0) is 19.3. The molecule has 1 aromatic rings. The summed E-state index contributed by atoms with van der Waals surface area (Å²) >= 11 is 6.02. The number of carbonyl (C=O) groups excluding carboxylic acids is 3. The Hall–Kier alpha value is -2.34. The van der Waals surface area contributed by atoms with Gasteiger partial charge in [0.1, 0.15) is 0 Å². The highest BCUT2D eigenvalue weighted by molar-refractivity contribution is 6.31. The summed E-state index contributed by atoms with van der Waals surface area (Å²) in [6.07, 6.45) is 1.16. The number of benzene rings is 1. The summed E-state index contributed by atoms with van der Waals surface area (Å²) in [6.45, 7) is 8.54. The minimum Gasteiger partial charge on any atom is -0.452 e. The molecule has 0 atom stereocenters. The van der Waals surface area contributed by atoms with E-state index in [0.717, 1.165) is 12.0 Å². The molecule has 26 heavy (non-hydrogen) atoms. The van der Waals surface area contributed by atoms with Crippen LogP contribution in [0.2, 0.25) is 5.02 Å². The number of esters is 1. The monoisotopic (exact) mass is 378 g/mol. The average Bonchev–Trinajstić information content (AvgIpc) is 3.02. The number of rotatable bonds is 7. The van der Waals surface area contributed by atoms with E-state index in [1.54, 1.807) is 17.0 Å². The van der Waals surface area contributed by atoms with Crippen LogP contribution in [-0.2, 0) is 14.3 Å². The summed E-state index contributed by atoms with van der Waals surface area (Å²) in [5, 5.41) is 0.422. The Morgan fingerprint density at radius 2 is 2.12 bits per heavy atom. The zero-order valence-corrected chi connectivity index (χ0v) is 15.8. The molecule has 1 aliphatic rings. The van der Waals surface area contributed by atoms with Crippen LogP contribution in [-0.4, -0.2) is 48.9 Å². The molecule has 1 fully saturated rings. The number of hydrogen-bond acceptors (Lipinski definition) is 4. The van der Waals surface area contributed by atoms with Crippen LogP contribution >= 0.6 is 11.6 Å². The van der Waals surface area contributed by atoms with Gasteiger partial charge in [-0.2, -0.15) is 0 Å². The van der Waals surface area contributed by atoms with Gasteiger partial charge in [-0.1, -0.05) is 23.8 Å². The fraction of sp³-hybridized carbons (Fsp3) is 0.421. The highest BCUT2D eigenvalue weighted by Crippen LogP contribution is 2.29. The molecular formula is C19H23ClN2O4. The standard InChI is InChI=1S/C19H23ClN2O4/c1-4-21(11-13(2)3)18(24)12-26-19(25)15-8-7-14(20)10-16(15)22-9-5-6-17(22)23/h7-8,10H,2,4-6,9,11-12H2,1,3H3. The molecule has 0 spiro atoms. The van der Waals surface area contributed by atoms with Crippen molar-refractivity contribution in [2.24, 2.45) is 0 Å². The molecule has 1 heterocycles. The number of ether oxygens (including phenoxy) is 1. The lowest BCUT2D eigenvalue weighted by atomic mass is 10.1. The topological polar surface area (TPSA) is 66.9 Å². The van der Waals surface area contributed by atoms with Gasteiger partial charge in [0.05, 0.1) is 11.3 Å². The van der Waals surface area contributed by atoms with Gasteiger partial charge >= 0.3 is 5.97 Å². The highest BCUT2D eigenvalue weighted by atomic mass is 35.5. The van der Waals surface area contributed by atoms with Crippen LogP contribution < -0.4 is 4.90 Å². The molecule has 0 aliphatic carbocycles. The minimum atomic E-state index is -0.656. The van der Waals surface area contributed by atoms with Crippen LogP contribution in [0.3, 0.4) is 0 Å². The molecule has 1 aromatic carbocycles. The van der Waals surface area contributed by atoms with E-state index in [9.17, 15) is 14.4 Å². The predicted octanol–water partition coefficient (Wildman–Crippen LogP) is 3.05. The zero-order valence-electron chi connectivity index (χ0n) is 15.1. The SMILES string of the molecule is C=C(C)CN(CC)C(=O)COC(=O)c1ccc(Cl)cc1N1CCCC1=O. The first-order valence-electron chi connectivity index (χ1n) is 8.52.